The highest BCUT2D eigenvalue weighted by Gasteiger charge is 2.02. The van der Waals surface area contributed by atoms with Crippen LogP contribution < -0.4 is 15.2 Å². The van der Waals surface area contributed by atoms with Gasteiger partial charge in [-0.2, -0.15) is 0 Å². The van der Waals surface area contributed by atoms with Crippen LogP contribution >= 0.6 is 15.9 Å². The number of hydrogen-bond donors (Lipinski definition) is 1. The van der Waals surface area contributed by atoms with Crippen LogP contribution in [0.15, 0.2) is 46.9 Å². The average molecular weight is 350 g/mol. The zero-order valence-corrected chi connectivity index (χ0v) is 13.7. The van der Waals surface area contributed by atoms with Crippen molar-refractivity contribution in [2.45, 2.75) is 19.9 Å². The van der Waals surface area contributed by atoms with Gasteiger partial charge in [-0.25, -0.2) is 0 Å². The van der Waals surface area contributed by atoms with Gasteiger partial charge in [0.1, 0.15) is 11.5 Å². The van der Waals surface area contributed by atoms with Gasteiger partial charge in [0.25, 0.3) is 0 Å². The van der Waals surface area contributed by atoms with E-state index in [0.29, 0.717) is 19.8 Å². The fraction of sp³-hybridized carbons (Fsp3) is 0.294. The van der Waals surface area contributed by atoms with E-state index in [2.05, 4.69) is 15.9 Å². The smallest absolute Gasteiger partial charge is 0.123 e. The molecule has 0 saturated heterocycles. The number of rotatable bonds is 7. The van der Waals surface area contributed by atoms with Gasteiger partial charge in [-0.15, -0.1) is 0 Å². The third-order valence-corrected chi connectivity index (χ3v) is 3.63. The number of para-hydroxylation sites is 1. The lowest BCUT2D eigenvalue weighted by molar-refractivity contribution is 0.245. The Morgan fingerprint density at radius 3 is 2.43 bits per heavy atom. The molecule has 2 aromatic carbocycles. The highest BCUT2D eigenvalue weighted by molar-refractivity contribution is 9.10. The molecule has 2 rings (SSSR count). The van der Waals surface area contributed by atoms with E-state index in [1.165, 1.54) is 0 Å². The summed E-state index contributed by atoms with van der Waals surface area (Å²) in [6, 6.07) is 13.9. The van der Waals surface area contributed by atoms with Crippen molar-refractivity contribution >= 4 is 15.9 Å². The van der Waals surface area contributed by atoms with Gasteiger partial charge in [0.15, 0.2) is 0 Å². The van der Waals surface area contributed by atoms with Crippen molar-refractivity contribution < 1.29 is 9.47 Å². The normalized spacial score (nSPS) is 10.4. The fourth-order valence-electron chi connectivity index (χ4n) is 2.01. The molecule has 21 heavy (non-hydrogen) atoms. The molecule has 2 N–H and O–H groups in total. The number of ether oxygens (including phenoxy) is 2. The number of benzene rings is 2. The number of nitrogens with two attached hydrogens (primary N) is 1. The van der Waals surface area contributed by atoms with E-state index in [0.717, 1.165) is 33.5 Å². The van der Waals surface area contributed by atoms with Crippen molar-refractivity contribution in [3.8, 4) is 11.5 Å². The predicted molar refractivity (Wildman–Crippen MR) is 88.8 cm³/mol. The van der Waals surface area contributed by atoms with Gasteiger partial charge < -0.3 is 15.2 Å². The molecule has 0 aliphatic carbocycles. The lowest BCUT2D eigenvalue weighted by Gasteiger charge is -2.12. The molecular weight excluding hydrogens is 330 g/mol. The van der Waals surface area contributed by atoms with Crippen LogP contribution in [0, 0.1) is 6.92 Å². The van der Waals surface area contributed by atoms with E-state index in [4.69, 9.17) is 15.2 Å². The first-order valence-corrected chi connectivity index (χ1v) is 7.79. The monoisotopic (exact) mass is 349 g/mol. The van der Waals surface area contributed by atoms with Crippen LogP contribution in [0.1, 0.15) is 17.5 Å². The SMILES string of the molecule is Cc1cc(Br)ccc1OCCCOc1ccccc1CN. The Labute approximate surface area is 134 Å². The summed E-state index contributed by atoms with van der Waals surface area (Å²) in [5.74, 6) is 1.78. The molecule has 0 spiro atoms. The van der Waals surface area contributed by atoms with E-state index in [1.807, 2.05) is 49.4 Å². The Balaban J connectivity index is 1.75. The number of hydrogen-bond acceptors (Lipinski definition) is 3. The lowest BCUT2D eigenvalue weighted by Crippen LogP contribution is -2.07. The fourth-order valence-corrected chi connectivity index (χ4v) is 2.49. The van der Waals surface area contributed by atoms with E-state index >= 15 is 0 Å². The Morgan fingerprint density at radius 2 is 1.71 bits per heavy atom. The van der Waals surface area contributed by atoms with E-state index < -0.39 is 0 Å². The maximum absolute atomic E-state index is 5.76. The van der Waals surface area contributed by atoms with Crippen LogP contribution in [0.3, 0.4) is 0 Å². The third-order valence-electron chi connectivity index (χ3n) is 3.13. The molecule has 0 aliphatic heterocycles. The molecule has 3 nitrogen and oxygen atoms in total. The summed E-state index contributed by atoms with van der Waals surface area (Å²) in [5.41, 5.74) is 7.83. The topological polar surface area (TPSA) is 44.5 Å². The Kier molecular flexibility index (Phi) is 6.08. The molecule has 0 bridgehead atoms. The van der Waals surface area contributed by atoms with Crippen molar-refractivity contribution in [1.29, 1.82) is 0 Å². The molecule has 0 aliphatic rings. The van der Waals surface area contributed by atoms with Gasteiger partial charge in [0, 0.05) is 23.0 Å². The summed E-state index contributed by atoms with van der Waals surface area (Å²) in [5, 5.41) is 0. The molecule has 0 aromatic heterocycles. The molecule has 4 heteroatoms. The maximum atomic E-state index is 5.76. The summed E-state index contributed by atoms with van der Waals surface area (Å²) < 4.78 is 12.6. The summed E-state index contributed by atoms with van der Waals surface area (Å²) in [6.07, 6.45) is 0.828. The van der Waals surface area contributed by atoms with Crippen LogP contribution in [0.2, 0.25) is 0 Å². The summed E-state index contributed by atoms with van der Waals surface area (Å²) >= 11 is 3.44. The largest absolute Gasteiger partial charge is 0.493 e. The quantitative estimate of drug-likeness (QED) is 0.766. The summed E-state index contributed by atoms with van der Waals surface area (Å²) in [6.45, 7) is 3.78. The van der Waals surface area contributed by atoms with Gasteiger partial charge in [-0.3, -0.25) is 0 Å². The average Bonchev–Trinajstić information content (AvgIpc) is 2.49. The van der Waals surface area contributed by atoms with E-state index in [9.17, 15) is 0 Å². The van der Waals surface area contributed by atoms with E-state index in [1.54, 1.807) is 0 Å². The third kappa shape index (κ3) is 4.76. The highest BCUT2D eigenvalue weighted by atomic mass is 79.9. The summed E-state index contributed by atoms with van der Waals surface area (Å²) in [4.78, 5) is 0. The Morgan fingerprint density at radius 1 is 1.00 bits per heavy atom. The second-order valence-corrected chi connectivity index (χ2v) is 5.69. The van der Waals surface area contributed by atoms with Crippen molar-refractivity contribution in [2.75, 3.05) is 13.2 Å². The minimum atomic E-state index is 0.491. The van der Waals surface area contributed by atoms with E-state index in [-0.39, 0.29) is 0 Å². The van der Waals surface area contributed by atoms with Crippen LogP contribution in [-0.2, 0) is 6.54 Å². The minimum absolute atomic E-state index is 0.491. The van der Waals surface area contributed by atoms with Crippen LogP contribution in [0.5, 0.6) is 11.5 Å². The lowest BCUT2D eigenvalue weighted by atomic mass is 10.2. The van der Waals surface area contributed by atoms with Crippen molar-refractivity contribution in [3.63, 3.8) is 0 Å². The zero-order chi connectivity index (χ0) is 15.1. The number of halogens is 1. The molecule has 0 amide bonds. The minimum Gasteiger partial charge on any atom is -0.493 e. The molecule has 0 fully saturated rings. The first-order chi connectivity index (χ1) is 10.2. The van der Waals surface area contributed by atoms with Crippen LogP contribution in [0.4, 0.5) is 0 Å². The number of aryl methyl sites for hydroxylation is 1. The molecular formula is C17H20BrNO2. The Hall–Kier alpha value is -1.52. The van der Waals surface area contributed by atoms with Gasteiger partial charge in [0.05, 0.1) is 13.2 Å². The Bertz CT molecular complexity index is 587. The molecule has 0 saturated carbocycles. The maximum Gasteiger partial charge on any atom is 0.123 e. The first-order valence-electron chi connectivity index (χ1n) is 7.00. The second kappa shape index (κ2) is 8.05. The predicted octanol–water partition coefficient (Wildman–Crippen LogP) is 4.06. The van der Waals surface area contributed by atoms with Crippen LogP contribution in [0.25, 0.3) is 0 Å². The van der Waals surface area contributed by atoms with Gasteiger partial charge in [-0.05, 0) is 36.8 Å². The second-order valence-electron chi connectivity index (χ2n) is 4.77. The molecule has 112 valence electrons. The molecule has 0 unspecified atom stereocenters. The molecule has 0 radical (unpaired) electrons. The van der Waals surface area contributed by atoms with Crippen molar-refractivity contribution in [2.24, 2.45) is 5.73 Å². The van der Waals surface area contributed by atoms with Gasteiger partial charge in [0.2, 0.25) is 0 Å². The standard InChI is InChI=1S/C17H20BrNO2/c1-13-11-15(18)7-8-16(13)20-9-4-10-21-17-6-3-2-5-14(17)12-19/h2-3,5-8,11H,4,9-10,12,19H2,1H3. The molecule has 2 aromatic rings. The molecule has 0 atom stereocenters. The molecule has 0 heterocycles. The first kappa shape index (κ1) is 15.9. The van der Waals surface area contributed by atoms with Crippen LogP contribution in [-0.4, -0.2) is 13.2 Å². The van der Waals surface area contributed by atoms with Gasteiger partial charge >= 0.3 is 0 Å². The zero-order valence-electron chi connectivity index (χ0n) is 12.1. The van der Waals surface area contributed by atoms with Crippen molar-refractivity contribution in [1.82, 2.24) is 0 Å². The highest BCUT2D eigenvalue weighted by Crippen LogP contribution is 2.22. The van der Waals surface area contributed by atoms with Gasteiger partial charge in [-0.1, -0.05) is 34.1 Å². The van der Waals surface area contributed by atoms with Crippen molar-refractivity contribution in [3.05, 3.63) is 58.1 Å². The summed E-state index contributed by atoms with van der Waals surface area (Å²) in [7, 11) is 0.